The van der Waals surface area contributed by atoms with E-state index < -0.39 is 5.60 Å². The second-order valence-corrected chi connectivity index (χ2v) is 5.34. The second kappa shape index (κ2) is 5.31. The molecular formula is C15H14Cl2O. The van der Waals surface area contributed by atoms with Gasteiger partial charge in [-0.3, -0.25) is 0 Å². The molecule has 1 unspecified atom stereocenters. The van der Waals surface area contributed by atoms with E-state index in [0.717, 1.165) is 5.56 Å². The lowest BCUT2D eigenvalue weighted by Crippen LogP contribution is -2.24. The molecule has 18 heavy (non-hydrogen) atoms. The van der Waals surface area contributed by atoms with E-state index >= 15 is 0 Å². The third-order valence-electron chi connectivity index (χ3n) is 2.95. The zero-order valence-electron chi connectivity index (χ0n) is 10.0. The van der Waals surface area contributed by atoms with Gasteiger partial charge in [-0.15, -0.1) is 0 Å². The molecule has 0 fully saturated rings. The van der Waals surface area contributed by atoms with Crippen LogP contribution in [0.1, 0.15) is 18.1 Å². The topological polar surface area (TPSA) is 20.2 Å². The monoisotopic (exact) mass is 280 g/mol. The maximum absolute atomic E-state index is 10.6. The summed E-state index contributed by atoms with van der Waals surface area (Å²) in [5.74, 6) is 0. The van der Waals surface area contributed by atoms with E-state index in [9.17, 15) is 5.11 Å². The smallest absolute Gasteiger partial charge is 0.0923 e. The quantitative estimate of drug-likeness (QED) is 0.881. The molecule has 0 saturated carbocycles. The highest BCUT2D eigenvalue weighted by Crippen LogP contribution is 2.32. The fraction of sp³-hybridized carbons (Fsp3) is 0.200. The molecule has 0 saturated heterocycles. The first-order chi connectivity index (χ1) is 8.50. The molecule has 0 aliphatic carbocycles. The fourth-order valence-electron chi connectivity index (χ4n) is 2.01. The third-order valence-corrected chi connectivity index (χ3v) is 3.64. The first kappa shape index (κ1) is 13.4. The van der Waals surface area contributed by atoms with Crippen molar-refractivity contribution in [2.45, 2.75) is 18.9 Å². The molecular weight excluding hydrogens is 267 g/mol. The number of rotatable bonds is 3. The molecule has 0 bridgehead atoms. The van der Waals surface area contributed by atoms with Crippen molar-refractivity contribution in [2.75, 3.05) is 0 Å². The van der Waals surface area contributed by atoms with Crippen molar-refractivity contribution in [1.82, 2.24) is 0 Å². The lowest BCUT2D eigenvalue weighted by Gasteiger charge is -2.25. The maximum Gasteiger partial charge on any atom is 0.0923 e. The van der Waals surface area contributed by atoms with Crippen LogP contribution in [0, 0.1) is 0 Å². The predicted molar refractivity (Wildman–Crippen MR) is 76.2 cm³/mol. The minimum Gasteiger partial charge on any atom is -0.385 e. The van der Waals surface area contributed by atoms with Gasteiger partial charge >= 0.3 is 0 Å². The van der Waals surface area contributed by atoms with Gasteiger partial charge in [0, 0.05) is 22.0 Å². The first-order valence-electron chi connectivity index (χ1n) is 5.71. The molecule has 2 aromatic rings. The van der Waals surface area contributed by atoms with E-state index in [1.54, 1.807) is 13.0 Å². The highest BCUT2D eigenvalue weighted by Gasteiger charge is 2.26. The standard InChI is InChI=1S/C15H14Cl2O/c1-15(18,12-7-3-5-9-14(12)17)10-11-6-2-4-8-13(11)16/h2-9,18H,10H2,1H3. The predicted octanol–water partition coefficient (Wildman–Crippen LogP) is 4.44. The molecule has 0 amide bonds. The van der Waals surface area contributed by atoms with Gasteiger partial charge in [0.2, 0.25) is 0 Å². The molecule has 0 spiro atoms. The van der Waals surface area contributed by atoms with Gasteiger partial charge in [-0.25, -0.2) is 0 Å². The summed E-state index contributed by atoms with van der Waals surface area (Å²) < 4.78 is 0. The van der Waals surface area contributed by atoms with Gasteiger partial charge in [0.15, 0.2) is 0 Å². The molecule has 1 atom stereocenters. The number of benzene rings is 2. The molecule has 0 radical (unpaired) electrons. The van der Waals surface area contributed by atoms with Crippen LogP contribution < -0.4 is 0 Å². The highest BCUT2D eigenvalue weighted by atomic mass is 35.5. The second-order valence-electron chi connectivity index (χ2n) is 4.52. The maximum atomic E-state index is 10.6. The van der Waals surface area contributed by atoms with E-state index in [1.807, 2.05) is 42.5 Å². The van der Waals surface area contributed by atoms with Crippen LogP contribution in [0.4, 0.5) is 0 Å². The minimum absolute atomic E-state index is 0.427. The Morgan fingerprint density at radius 2 is 1.50 bits per heavy atom. The highest BCUT2D eigenvalue weighted by molar-refractivity contribution is 6.31. The summed E-state index contributed by atoms with van der Waals surface area (Å²) in [4.78, 5) is 0. The van der Waals surface area contributed by atoms with Crippen LogP contribution >= 0.6 is 23.2 Å². The van der Waals surface area contributed by atoms with Crippen molar-refractivity contribution in [1.29, 1.82) is 0 Å². The van der Waals surface area contributed by atoms with E-state index in [0.29, 0.717) is 22.0 Å². The molecule has 0 aromatic heterocycles. The molecule has 0 heterocycles. The number of hydrogen-bond donors (Lipinski definition) is 1. The molecule has 1 N–H and O–H groups in total. The average molecular weight is 281 g/mol. The van der Waals surface area contributed by atoms with Crippen LogP contribution in [0.25, 0.3) is 0 Å². The van der Waals surface area contributed by atoms with Gasteiger partial charge in [0.1, 0.15) is 0 Å². The van der Waals surface area contributed by atoms with Gasteiger partial charge in [-0.1, -0.05) is 59.6 Å². The van der Waals surface area contributed by atoms with Crippen molar-refractivity contribution in [3.63, 3.8) is 0 Å². The zero-order chi connectivity index (χ0) is 13.2. The van der Waals surface area contributed by atoms with Gasteiger partial charge in [0.25, 0.3) is 0 Å². The van der Waals surface area contributed by atoms with Gasteiger partial charge in [-0.05, 0) is 24.6 Å². The fourth-order valence-corrected chi connectivity index (χ4v) is 2.55. The Balaban J connectivity index is 2.33. The lowest BCUT2D eigenvalue weighted by atomic mass is 9.89. The molecule has 3 heteroatoms. The number of aliphatic hydroxyl groups is 1. The Morgan fingerprint density at radius 1 is 0.944 bits per heavy atom. The lowest BCUT2D eigenvalue weighted by molar-refractivity contribution is 0.0577. The van der Waals surface area contributed by atoms with Gasteiger partial charge < -0.3 is 5.11 Å². The number of hydrogen-bond acceptors (Lipinski definition) is 1. The van der Waals surface area contributed by atoms with Crippen LogP contribution in [-0.4, -0.2) is 5.11 Å². The Bertz CT molecular complexity index is 550. The van der Waals surface area contributed by atoms with Crippen molar-refractivity contribution >= 4 is 23.2 Å². The Hall–Kier alpha value is -1.02. The summed E-state index contributed by atoms with van der Waals surface area (Å²) in [6.07, 6.45) is 0.427. The van der Waals surface area contributed by atoms with Crippen LogP contribution in [0.2, 0.25) is 10.0 Å². The normalized spacial score (nSPS) is 14.2. The molecule has 2 rings (SSSR count). The van der Waals surface area contributed by atoms with Crippen molar-refractivity contribution < 1.29 is 5.11 Å². The summed E-state index contributed by atoms with van der Waals surface area (Å²) in [6.45, 7) is 1.75. The Kier molecular flexibility index (Phi) is 3.96. The minimum atomic E-state index is -1.04. The molecule has 1 nitrogen and oxygen atoms in total. The third kappa shape index (κ3) is 2.86. The van der Waals surface area contributed by atoms with E-state index in [4.69, 9.17) is 23.2 Å². The van der Waals surface area contributed by atoms with Gasteiger partial charge in [-0.2, -0.15) is 0 Å². The number of halogens is 2. The SMILES string of the molecule is CC(O)(Cc1ccccc1Cl)c1ccccc1Cl. The van der Waals surface area contributed by atoms with Crippen molar-refractivity contribution in [3.8, 4) is 0 Å². The van der Waals surface area contributed by atoms with E-state index in [-0.39, 0.29) is 0 Å². The summed E-state index contributed by atoms with van der Waals surface area (Å²) in [5, 5.41) is 11.8. The van der Waals surface area contributed by atoms with Crippen LogP contribution in [0.5, 0.6) is 0 Å². The summed E-state index contributed by atoms with van der Waals surface area (Å²) >= 11 is 12.2. The van der Waals surface area contributed by atoms with Gasteiger partial charge in [0.05, 0.1) is 5.60 Å². The average Bonchev–Trinajstić information content (AvgIpc) is 2.32. The molecule has 0 aliphatic rings. The van der Waals surface area contributed by atoms with Crippen molar-refractivity contribution in [2.24, 2.45) is 0 Å². The first-order valence-corrected chi connectivity index (χ1v) is 6.47. The van der Waals surface area contributed by atoms with Crippen LogP contribution in [0.3, 0.4) is 0 Å². The molecule has 94 valence electrons. The Labute approximate surface area is 117 Å². The van der Waals surface area contributed by atoms with Crippen LogP contribution in [-0.2, 0) is 12.0 Å². The Morgan fingerprint density at radius 3 is 2.11 bits per heavy atom. The zero-order valence-corrected chi connectivity index (χ0v) is 11.5. The van der Waals surface area contributed by atoms with E-state index in [1.165, 1.54) is 0 Å². The van der Waals surface area contributed by atoms with Crippen molar-refractivity contribution in [3.05, 3.63) is 69.7 Å². The largest absolute Gasteiger partial charge is 0.385 e. The molecule has 2 aromatic carbocycles. The summed E-state index contributed by atoms with van der Waals surface area (Å²) in [5.41, 5.74) is 0.583. The van der Waals surface area contributed by atoms with E-state index in [2.05, 4.69) is 0 Å². The van der Waals surface area contributed by atoms with Crippen LogP contribution in [0.15, 0.2) is 48.5 Å². The summed E-state index contributed by atoms with van der Waals surface area (Å²) in [7, 11) is 0. The summed E-state index contributed by atoms with van der Waals surface area (Å²) in [6, 6.07) is 14.8. The molecule has 0 aliphatic heterocycles.